The third kappa shape index (κ3) is 2.94. The second-order valence-electron chi connectivity index (χ2n) is 1.16. The summed E-state index contributed by atoms with van der Waals surface area (Å²) in [5.74, 6) is 0. The first-order valence-corrected chi connectivity index (χ1v) is 5.07. The lowest BCUT2D eigenvalue weighted by Crippen LogP contribution is -2.30. The zero-order chi connectivity index (χ0) is 8.41. The lowest BCUT2D eigenvalue weighted by Gasteiger charge is -2.17. The van der Waals surface area contributed by atoms with Gasteiger partial charge in [0.15, 0.2) is 0 Å². The molecule has 0 saturated heterocycles. The van der Waals surface area contributed by atoms with E-state index in [1.54, 1.807) is 0 Å². The number of rotatable bonds is 3. The molecule has 0 atom stereocenters. The molecule has 0 fully saturated rings. The summed E-state index contributed by atoms with van der Waals surface area (Å²) in [5, 5.41) is -8.89. The van der Waals surface area contributed by atoms with Gasteiger partial charge in [0.1, 0.15) is 0 Å². The van der Waals surface area contributed by atoms with E-state index in [4.69, 9.17) is 10.7 Å². The normalized spacial score (nSPS) is 13.8. The number of halogens is 6. The maximum atomic E-state index is 11.9. The molecule has 0 aromatic rings. The van der Waals surface area contributed by atoms with Gasteiger partial charge in [-0.3, -0.25) is 0 Å². The molecule has 10 heavy (non-hydrogen) atoms. The van der Waals surface area contributed by atoms with Gasteiger partial charge in [0.05, 0.1) is 0 Å². The monoisotopic (exact) mass is 234 g/mol. The van der Waals surface area contributed by atoms with Crippen LogP contribution in [0.1, 0.15) is 0 Å². The van der Waals surface area contributed by atoms with Crippen molar-refractivity contribution in [3.05, 3.63) is 0 Å². The van der Waals surface area contributed by atoms with Gasteiger partial charge in [-0.2, -0.15) is 17.6 Å². The summed E-state index contributed by atoms with van der Waals surface area (Å²) >= 11 is 4.03. The zero-order valence-corrected chi connectivity index (χ0v) is 7.23. The van der Waals surface area contributed by atoms with E-state index < -0.39 is 21.4 Å². The molecule has 0 rings (SSSR count). The molecule has 62 valence electrons. The van der Waals surface area contributed by atoms with Crippen molar-refractivity contribution in [3.8, 4) is 0 Å². The Balaban J connectivity index is 4.10. The third-order valence-corrected chi connectivity index (χ3v) is 2.73. The average Bonchev–Trinajstić information content (AvgIpc) is 1.61. The topological polar surface area (TPSA) is 0 Å². The summed E-state index contributed by atoms with van der Waals surface area (Å²) < 4.78 is 47.0. The molecule has 8 heteroatoms. The Labute approximate surface area is 71.5 Å². The summed E-state index contributed by atoms with van der Waals surface area (Å²) in [6.07, 6.45) is 0. The van der Waals surface area contributed by atoms with Gasteiger partial charge >= 0.3 is 10.6 Å². The number of hydrogen-bond acceptors (Lipinski definition) is 2. The van der Waals surface area contributed by atoms with Crippen molar-refractivity contribution in [2.45, 2.75) is 10.6 Å². The van der Waals surface area contributed by atoms with Crippen molar-refractivity contribution < 1.29 is 17.6 Å². The van der Waals surface area contributed by atoms with Gasteiger partial charge in [0, 0.05) is 20.8 Å². The molecule has 0 N–H and O–H groups in total. The van der Waals surface area contributed by atoms with Crippen LogP contribution in [0.4, 0.5) is 17.6 Å². The minimum atomic E-state index is -4.56. The van der Waals surface area contributed by atoms with Crippen LogP contribution < -0.4 is 0 Å². The van der Waals surface area contributed by atoms with Crippen LogP contribution in [-0.2, 0) is 0 Å². The van der Waals surface area contributed by atoms with Crippen molar-refractivity contribution in [3.63, 3.8) is 0 Å². The van der Waals surface area contributed by atoms with Crippen LogP contribution in [-0.4, -0.2) is 10.6 Å². The number of alkyl halides is 5. The fourth-order valence-corrected chi connectivity index (χ4v) is 1.78. The summed E-state index contributed by atoms with van der Waals surface area (Å²) in [6.45, 7) is 0. The fraction of sp³-hybridized carbons (Fsp3) is 1.00. The van der Waals surface area contributed by atoms with E-state index in [9.17, 15) is 17.6 Å². The molecule has 0 radical (unpaired) electrons. The summed E-state index contributed by atoms with van der Waals surface area (Å²) in [7, 11) is 4.22. The zero-order valence-electron chi connectivity index (χ0n) is 4.08. The van der Waals surface area contributed by atoms with Crippen LogP contribution >= 0.6 is 43.1 Å². The van der Waals surface area contributed by atoms with Crippen LogP contribution in [0, 0.1) is 0 Å². The smallest absolute Gasteiger partial charge is 0.185 e. The summed E-state index contributed by atoms with van der Waals surface area (Å²) in [4.78, 5) is 0. The van der Waals surface area contributed by atoms with Crippen molar-refractivity contribution in [2.24, 2.45) is 0 Å². The van der Waals surface area contributed by atoms with Crippen LogP contribution in [0.5, 0.6) is 0 Å². The Bertz CT molecular complexity index is 112. The quantitative estimate of drug-likeness (QED) is 0.412. The molecular weight excluding hydrogens is 235 g/mol. The van der Waals surface area contributed by atoms with Gasteiger partial charge in [-0.1, -0.05) is 0 Å². The largest absolute Gasteiger partial charge is 0.394 e. The molecule has 0 bridgehead atoms. The Morgan fingerprint density at radius 2 is 1.50 bits per heavy atom. The molecule has 0 saturated carbocycles. The van der Waals surface area contributed by atoms with Crippen molar-refractivity contribution in [1.29, 1.82) is 0 Å². The third-order valence-electron chi connectivity index (χ3n) is 0.466. The van der Waals surface area contributed by atoms with Crippen molar-refractivity contribution >= 4 is 43.1 Å². The molecule has 0 aromatic carbocycles. The molecular formula is C2Cl2F4S2. The molecule has 0 unspecified atom stereocenters. The van der Waals surface area contributed by atoms with Gasteiger partial charge in [-0.25, -0.2) is 0 Å². The van der Waals surface area contributed by atoms with Crippen LogP contribution in [0.15, 0.2) is 0 Å². The molecule has 0 aromatic heterocycles. The first kappa shape index (κ1) is 11.0. The predicted octanol–water partition coefficient (Wildman–Crippen LogP) is 3.95. The van der Waals surface area contributed by atoms with E-state index in [2.05, 4.69) is 11.6 Å². The van der Waals surface area contributed by atoms with Gasteiger partial charge in [0.2, 0.25) is 0 Å². The highest BCUT2D eigenvalue weighted by atomic mass is 35.7. The van der Waals surface area contributed by atoms with Crippen molar-refractivity contribution in [1.82, 2.24) is 0 Å². The fourth-order valence-electron chi connectivity index (χ4n) is 0.0868. The first-order chi connectivity index (χ1) is 4.31. The van der Waals surface area contributed by atoms with E-state index >= 15 is 0 Å². The lowest BCUT2D eigenvalue weighted by atomic mass is 10.7. The van der Waals surface area contributed by atoms with E-state index in [1.165, 1.54) is 0 Å². The van der Waals surface area contributed by atoms with Gasteiger partial charge in [-0.15, -0.1) is 0 Å². The van der Waals surface area contributed by atoms with E-state index in [1.807, 2.05) is 0 Å². The molecule has 0 aliphatic rings. The average molecular weight is 235 g/mol. The molecule has 0 heterocycles. The van der Waals surface area contributed by atoms with Crippen LogP contribution in [0.2, 0.25) is 0 Å². The Morgan fingerprint density at radius 3 is 1.60 bits per heavy atom. The van der Waals surface area contributed by atoms with E-state index in [0.29, 0.717) is 0 Å². The van der Waals surface area contributed by atoms with E-state index in [0.717, 1.165) is 0 Å². The minimum absolute atomic E-state index is 0.00988. The van der Waals surface area contributed by atoms with Crippen LogP contribution in [0.25, 0.3) is 0 Å². The highest BCUT2D eigenvalue weighted by Gasteiger charge is 2.56. The van der Waals surface area contributed by atoms with E-state index in [-0.39, 0.29) is 10.0 Å². The van der Waals surface area contributed by atoms with Gasteiger partial charge < -0.3 is 0 Å². The minimum Gasteiger partial charge on any atom is -0.185 e. The van der Waals surface area contributed by atoms with Crippen LogP contribution in [0.3, 0.4) is 0 Å². The Hall–Kier alpha value is 1.00. The summed E-state index contributed by atoms with van der Waals surface area (Å²) in [5.41, 5.74) is 0. The van der Waals surface area contributed by atoms with Crippen molar-refractivity contribution in [2.75, 3.05) is 0 Å². The molecule has 0 aliphatic heterocycles. The highest BCUT2D eigenvalue weighted by Crippen LogP contribution is 2.51. The first-order valence-electron chi connectivity index (χ1n) is 1.72. The van der Waals surface area contributed by atoms with Gasteiger partial charge in [-0.05, 0) is 22.3 Å². The Kier molecular flexibility index (Phi) is 3.96. The molecule has 0 nitrogen and oxygen atoms in total. The molecule has 0 amide bonds. The SMILES string of the molecule is FC(F)(Cl)C(F)(F)SSCl. The predicted molar refractivity (Wildman–Crippen MR) is 36.8 cm³/mol. The maximum absolute atomic E-state index is 11.9. The van der Waals surface area contributed by atoms with Gasteiger partial charge in [0.25, 0.3) is 0 Å². The second-order valence-corrected chi connectivity index (χ2v) is 4.45. The maximum Gasteiger partial charge on any atom is 0.394 e. The summed E-state index contributed by atoms with van der Waals surface area (Å²) in [6, 6.07) is 0. The number of hydrogen-bond donors (Lipinski definition) is 0. The second kappa shape index (κ2) is 3.60. The molecule has 0 spiro atoms. The molecule has 0 aliphatic carbocycles. The highest BCUT2D eigenvalue weighted by molar-refractivity contribution is 8.85. The Morgan fingerprint density at radius 1 is 1.10 bits per heavy atom. The standard InChI is InChI=1S/C2Cl2F4S2/c3-1(5,6)2(7,8)9-10-4. The lowest BCUT2D eigenvalue weighted by molar-refractivity contribution is -0.0887.